The third-order valence-electron chi connectivity index (χ3n) is 3.68. The summed E-state index contributed by atoms with van der Waals surface area (Å²) in [7, 11) is 0. The standard InChI is InChI=1S/C18H19NO3S/c1-2-3-8-19-11-22-13-5-7-15-17(10-13)23-16-9-12(20)4-6-14(16)18(15)21/h4-7,9-10,19-20H,2-3,8,11H2,1H3. The molecule has 2 N–H and O–H groups in total. The highest BCUT2D eigenvalue weighted by molar-refractivity contribution is 7.24. The highest BCUT2D eigenvalue weighted by atomic mass is 32.1. The molecule has 0 unspecified atom stereocenters. The first-order valence-electron chi connectivity index (χ1n) is 7.72. The van der Waals surface area contributed by atoms with Crippen LogP contribution in [0.2, 0.25) is 0 Å². The van der Waals surface area contributed by atoms with E-state index >= 15 is 0 Å². The molecule has 0 aliphatic rings. The van der Waals surface area contributed by atoms with Gasteiger partial charge in [0.25, 0.3) is 0 Å². The van der Waals surface area contributed by atoms with E-state index in [9.17, 15) is 9.90 Å². The zero-order valence-electron chi connectivity index (χ0n) is 13.0. The van der Waals surface area contributed by atoms with Crippen LogP contribution in [0.25, 0.3) is 20.2 Å². The van der Waals surface area contributed by atoms with Crippen molar-refractivity contribution in [2.75, 3.05) is 13.3 Å². The van der Waals surface area contributed by atoms with Crippen LogP contribution in [0.1, 0.15) is 19.8 Å². The van der Waals surface area contributed by atoms with Gasteiger partial charge in [0.05, 0.1) is 0 Å². The van der Waals surface area contributed by atoms with Gasteiger partial charge in [0.15, 0.2) is 5.43 Å². The van der Waals surface area contributed by atoms with Gasteiger partial charge >= 0.3 is 0 Å². The number of phenolic OH excluding ortho intramolecular Hbond substituents is 1. The predicted octanol–water partition coefficient (Wildman–Crippen LogP) is 3.85. The van der Waals surface area contributed by atoms with Crippen LogP contribution in [0.5, 0.6) is 11.5 Å². The Labute approximate surface area is 138 Å². The molecule has 0 saturated heterocycles. The molecule has 0 bridgehead atoms. The molecule has 5 heteroatoms. The van der Waals surface area contributed by atoms with E-state index in [2.05, 4.69) is 12.2 Å². The molecular weight excluding hydrogens is 310 g/mol. The van der Waals surface area contributed by atoms with Crippen molar-refractivity contribution in [2.45, 2.75) is 19.8 Å². The maximum Gasteiger partial charge on any atom is 0.195 e. The second-order valence-electron chi connectivity index (χ2n) is 5.41. The molecule has 3 rings (SSSR count). The molecule has 0 saturated carbocycles. The average molecular weight is 329 g/mol. The lowest BCUT2D eigenvalue weighted by Crippen LogP contribution is -2.21. The summed E-state index contributed by atoms with van der Waals surface area (Å²) in [6.45, 7) is 3.53. The van der Waals surface area contributed by atoms with Crippen LogP contribution in [0.4, 0.5) is 0 Å². The van der Waals surface area contributed by atoms with Crippen molar-refractivity contribution in [1.82, 2.24) is 5.32 Å². The van der Waals surface area contributed by atoms with Gasteiger partial charge in [-0.1, -0.05) is 13.3 Å². The Morgan fingerprint density at radius 1 is 1.13 bits per heavy atom. The molecule has 2 aromatic carbocycles. The third kappa shape index (κ3) is 3.46. The van der Waals surface area contributed by atoms with E-state index in [-0.39, 0.29) is 11.2 Å². The van der Waals surface area contributed by atoms with Crippen molar-refractivity contribution in [1.29, 1.82) is 0 Å². The molecule has 1 heterocycles. The van der Waals surface area contributed by atoms with Gasteiger partial charge in [-0.25, -0.2) is 0 Å². The lowest BCUT2D eigenvalue weighted by Gasteiger charge is -2.08. The van der Waals surface area contributed by atoms with Crippen LogP contribution in [-0.2, 0) is 0 Å². The van der Waals surface area contributed by atoms with E-state index in [4.69, 9.17) is 4.74 Å². The van der Waals surface area contributed by atoms with Gasteiger partial charge in [0.2, 0.25) is 0 Å². The predicted molar refractivity (Wildman–Crippen MR) is 95.7 cm³/mol. The molecule has 4 nitrogen and oxygen atoms in total. The number of phenols is 1. The fourth-order valence-electron chi connectivity index (χ4n) is 2.42. The SMILES string of the molecule is CCCCNCOc1ccc2c(=O)c3ccc(O)cc3sc2c1. The number of rotatable bonds is 6. The number of fused-ring (bicyclic) bond motifs is 2. The fourth-order valence-corrected chi connectivity index (χ4v) is 3.55. The fraction of sp³-hybridized carbons (Fsp3) is 0.278. The first-order chi connectivity index (χ1) is 11.2. The smallest absolute Gasteiger partial charge is 0.195 e. The molecule has 23 heavy (non-hydrogen) atoms. The second-order valence-corrected chi connectivity index (χ2v) is 6.50. The zero-order valence-corrected chi connectivity index (χ0v) is 13.8. The number of ether oxygens (including phenoxy) is 1. The number of hydrogen-bond acceptors (Lipinski definition) is 5. The Kier molecular flexibility index (Phi) is 4.79. The van der Waals surface area contributed by atoms with E-state index in [0.29, 0.717) is 17.5 Å². The third-order valence-corrected chi connectivity index (χ3v) is 4.79. The summed E-state index contributed by atoms with van der Waals surface area (Å²) < 4.78 is 7.32. The summed E-state index contributed by atoms with van der Waals surface area (Å²) in [6, 6.07) is 10.4. The van der Waals surface area contributed by atoms with Crippen molar-refractivity contribution < 1.29 is 9.84 Å². The number of hydrogen-bond donors (Lipinski definition) is 2. The Morgan fingerprint density at radius 2 is 1.87 bits per heavy atom. The van der Waals surface area contributed by atoms with Crippen molar-refractivity contribution in [3.8, 4) is 11.5 Å². The van der Waals surface area contributed by atoms with Crippen LogP contribution < -0.4 is 15.5 Å². The molecule has 0 amide bonds. The van der Waals surface area contributed by atoms with Crippen LogP contribution in [0, 0.1) is 0 Å². The maximum atomic E-state index is 12.5. The monoisotopic (exact) mass is 329 g/mol. The number of unbranched alkanes of at least 4 members (excludes halogenated alkanes) is 1. The average Bonchev–Trinajstić information content (AvgIpc) is 2.54. The van der Waals surface area contributed by atoms with Crippen LogP contribution in [0.3, 0.4) is 0 Å². The van der Waals surface area contributed by atoms with Crippen LogP contribution in [0.15, 0.2) is 41.2 Å². The number of nitrogens with one attached hydrogen (secondary N) is 1. The first-order valence-corrected chi connectivity index (χ1v) is 8.54. The second kappa shape index (κ2) is 6.98. The number of aromatic hydroxyl groups is 1. The maximum absolute atomic E-state index is 12.5. The highest BCUT2D eigenvalue weighted by Crippen LogP contribution is 2.29. The Balaban J connectivity index is 1.90. The van der Waals surface area contributed by atoms with Gasteiger partial charge < -0.3 is 9.84 Å². The molecule has 0 atom stereocenters. The lowest BCUT2D eigenvalue weighted by molar-refractivity contribution is 0.283. The van der Waals surface area contributed by atoms with E-state index in [1.54, 1.807) is 18.2 Å². The largest absolute Gasteiger partial charge is 0.508 e. The van der Waals surface area contributed by atoms with Gasteiger partial charge in [-0.2, -0.15) is 0 Å². The van der Waals surface area contributed by atoms with Crippen molar-refractivity contribution in [2.24, 2.45) is 0 Å². The Hall–Kier alpha value is -2.11. The quantitative estimate of drug-likeness (QED) is 0.410. The van der Waals surface area contributed by atoms with Crippen molar-refractivity contribution >= 4 is 31.5 Å². The molecule has 0 radical (unpaired) electrons. The van der Waals surface area contributed by atoms with E-state index < -0.39 is 0 Å². The Bertz CT molecular complexity index is 888. The topological polar surface area (TPSA) is 58.6 Å². The lowest BCUT2D eigenvalue weighted by atomic mass is 10.2. The van der Waals surface area contributed by atoms with E-state index in [1.807, 2.05) is 18.2 Å². The summed E-state index contributed by atoms with van der Waals surface area (Å²) in [6.07, 6.45) is 2.27. The van der Waals surface area contributed by atoms with E-state index in [1.165, 1.54) is 11.3 Å². The molecular formula is C18H19NO3S. The minimum atomic E-state index is -0.0126. The zero-order chi connectivity index (χ0) is 16.2. The molecule has 0 spiro atoms. The Morgan fingerprint density at radius 3 is 2.65 bits per heavy atom. The van der Waals surface area contributed by atoms with Gasteiger partial charge in [-0.05, 0) is 49.4 Å². The van der Waals surface area contributed by atoms with E-state index in [0.717, 1.165) is 34.5 Å². The minimum Gasteiger partial charge on any atom is -0.508 e. The van der Waals surface area contributed by atoms with Gasteiger partial charge in [0, 0.05) is 20.2 Å². The number of benzene rings is 2. The summed E-state index contributed by atoms with van der Waals surface area (Å²) in [5.41, 5.74) is -0.0126. The summed E-state index contributed by atoms with van der Waals surface area (Å²) >= 11 is 1.48. The normalized spacial score (nSPS) is 11.2. The van der Waals surface area contributed by atoms with Gasteiger partial charge in [-0.15, -0.1) is 11.3 Å². The molecule has 0 fully saturated rings. The molecule has 3 aromatic rings. The van der Waals surface area contributed by atoms with Gasteiger partial charge in [-0.3, -0.25) is 10.1 Å². The summed E-state index contributed by atoms with van der Waals surface area (Å²) in [5, 5.41) is 14.1. The summed E-state index contributed by atoms with van der Waals surface area (Å²) in [5.74, 6) is 0.900. The van der Waals surface area contributed by atoms with Gasteiger partial charge in [0.1, 0.15) is 18.2 Å². The molecule has 120 valence electrons. The highest BCUT2D eigenvalue weighted by Gasteiger charge is 2.08. The summed E-state index contributed by atoms with van der Waals surface area (Å²) in [4.78, 5) is 12.5. The molecule has 1 aromatic heterocycles. The molecule has 0 aliphatic heterocycles. The first kappa shape index (κ1) is 15.8. The van der Waals surface area contributed by atoms with Crippen molar-refractivity contribution in [3.63, 3.8) is 0 Å². The minimum absolute atomic E-state index is 0.0126. The van der Waals surface area contributed by atoms with Crippen molar-refractivity contribution in [3.05, 3.63) is 46.6 Å². The van der Waals surface area contributed by atoms with Crippen LogP contribution >= 0.6 is 11.3 Å². The molecule has 0 aliphatic carbocycles. The van der Waals surface area contributed by atoms with Crippen LogP contribution in [-0.4, -0.2) is 18.4 Å².